The van der Waals surface area contributed by atoms with Crippen molar-refractivity contribution in [2.24, 2.45) is 11.8 Å². The van der Waals surface area contributed by atoms with Crippen LogP contribution < -0.4 is 10.6 Å². The monoisotopic (exact) mass is 327 g/mol. The lowest BCUT2D eigenvalue weighted by molar-refractivity contribution is -0.122. The predicted molar refractivity (Wildman–Crippen MR) is 99.0 cm³/mol. The van der Waals surface area contributed by atoms with Crippen molar-refractivity contribution < 1.29 is 4.79 Å². The second-order valence-electron chi connectivity index (χ2n) is 7.08. The van der Waals surface area contributed by atoms with Crippen molar-refractivity contribution in [1.29, 1.82) is 0 Å². The third kappa shape index (κ3) is 4.38. The molecule has 2 aromatic rings. The van der Waals surface area contributed by atoms with Crippen LogP contribution in [0.15, 0.2) is 30.5 Å². The number of hydrogen-bond acceptors (Lipinski definition) is 2. The number of fused-ring (bicyclic) bond motifs is 1. The molecule has 1 aromatic carbocycles. The van der Waals surface area contributed by atoms with Gasteiger partial charge in [-0.3, -0.25) is 4.79 Å². The first-order chi connectivity index (χ1) is 11.7. The van der Waals surface area contributed by atoms with Gasteiger partial charge in [-0.05, 0) is 62.2 Å². The van der Waals surface area contributed by atoms with Crippen LogP contribution in [0.4, 0.5) is 0 Å². The van der Waals surface area contributed by atoms with Crippen LogP contribution in [-0.4, -0.2) is 30.5 Å². The van der Waals surface area contributed by atoms with Gasteiger partial charge in [0, 0.05) is 30.1 Å². The summed E-state index contributed by atoms with van der Waals surface area (Å²) in [5.74, 6) is 1.39. The Labute approximate surface area is 144 Å². The van der Waals surface area contributed by atoms with Crippen LogP contribution in [-0.2, 0) is 11.2 Å². The second kappa shape index (κ2) is 8.34. The van der Waals surface area contributed by atoms with Gasteiger partial charge in [-0.2, -0.15) is 0 Å². The van der Waals surface area contributed by atoms with E-state index in [4.69, 9.17) is 0 Å². The first-order valence-electron chi connectivity index (χ1n) is 9.26. The predicted octanol–water partition coefficient (Wildman–Crippen LogP) is 3.24. The van der Waals surface area contributed by atoms with E-state index in [-0.39, 0.29) is 5.91 Å². The fraction of sp³-hybridized carbons (Fsp3) is 0.550. The van der Waals surface area contributed by atoms with E-state index >= 15 is 0 Å². The van der Waals surface area contributed by atoms with Crippen LogP contribution >= 0.6 is 0 Å². The molecule has 1 amide bonds. The summed E-state index contributed by atoms with van der Waals surface area (Å²) < 4.78 is 0. The average Bonchev–Trinajstić information content (AvgIpc) is 3.03. The first-order valence-corrected chi connectivity index (χ1v) is 9.26. The second-order valence-corrected chi connectivity index (χ2v) is 7.08. The van der Waals surface area contributed by atoms with E-state index in [0.29, 0.717) is 18.3 Å². The van der Waals surface area contributed by atoms with Gasteiger partial charge >= 0.3 is 0 Å². The lowest BCUT2D eigenvalue weighted by Gasteiger charge is -2.27. The Balaban J connectivity index is 1.37. The zero-order valence-electron chi connectivity index (χ0n) is 14.6. The van der Waals surface area contributed by atoms with Gasteiger partial charge in [0.2, 0.25) is 5.91 Å². The fourth-order valence-corrected chi connectivity index (χ4v) is 3.79. The zero-order chi connectivity index (χ0) is 16.8. The fourth-order valence-electron chi connectivity index (χ4n) is 3.79. The number of amides is 1. The highest BCUT2D eigenvalue weighted by molar-refractivity contribution is 5.83. The first kappa shape index (κ1) is 17.0. The number of hydrogen-bond donors (Lipinski definition) is 3. The van der Waals surface area contributed by atoms with Crippen molar-refractivity contribution in [1.82, 2.24) is 15.6 Å². The molecule has 1 aliphatic heterocycles. The van der Waals surface area contributed by atoms with Crippen LogP contribution in [0, 0.1) is 11.8 Å². The maximum Gasteiger partial charge on any atom is 0.220 e. The van der Waals surface area contributed by atoms with Crippen molar-refractivity contribution in [3.05, 3.63) is 36.0 Å². The molecule has 24 heavy (non-hydrogen) atoms. The maximum absolute atomic E-state index is 12.1. The van der Waals surface area contributed by atoms with Gasteiger partial charge in [0.25, 0.3) is 0 Å². The summed E-state index contributed by atoms with van der Waals surface area (Å²) >= 11 is 0. The maximum atomic E-state index is 12.1. The van der Waals surface area contributed by atoms with Crippen molar-refractivity contribution in [2.75, 3.05) is 19.6 Å². The number of benzene rings is 1. The van der Waals surface area contributed by atoms with Gasteiger partial charge in [0.1, 0.15) is 0 Å². The highest BCUT2D eigenvalue weighted by Crippen LogP contribution is 2.24. The molecule has 2 heterocycles. The number of rotatable bonds is 7. The normalized spacial score (nSPS) is 17.0. The Morgan fingerprint density at radius 3 is 2.92 bits per heavy atom. The molecular formula is C20H29N3O. The average molecular weight is 327 g/mol. The van der Waals surface area contributed by atoms with Crippen LogP contribution in [0.3, 0.4) is 0 Å². The number of carbonyl (C=O) groups excluding carboxylic acids is 1. The largest absolute Gasteiger partial charge is 0.361 e. The highest BCUT2D eigenvalue weighted by Gasteiger charge is 2.21. The number of para-hydroxylation sites is 1. The van der Waals surface area contributed by atoms with Gasteiger partial charge in [-0.1, -0.05) is 25.1 Å². The van der Waals surface area contributed by atoms with Crippen LogP contribution in [0.5, 0.6) is 0 Å². The molecule has 3 rings (SSSR count). The Bertz CT molecular complexity index is 658. The van der Waals surface area contributed by atoms with Crippen LogP contribution in [0.25, 0.3) is 10.9 Å². The third-order valence-corrected chi connectivity index (χ3v) is 5.32. The summed E-state index contributed by atoms with van der Waals surface area (Å²) in [6.07, 6.45) is 7.14. The molecule has 0 saturated carbocycles. The summed E-state index contributed by atoms with van der Waals surface area (Å²) in [4.78, 5) is 15.4. The minimum Gasteiger partial charge on any atom is -0.361 e. The SMILES string of the molecule is CC(CC(=O)NCCCc1c[nH]c2ccccc12)C1CCNCC1. The Hall–Kier alpha value is -1.81. The van der Waals surface area contributed by atoms with E-state index in [0.717, 1.165) is 32.5 Å². The van der Waals surface area contributed by atoms with Gasteiger partial charge in [-0.25, -0.2) is 0 Å². The molecule has 4 heteroatoms. The van der Waals surface area contributed by atoms with Gasteiger partial charge in [0.15, 0.2) is 0 Å². The lowest BCUT2D eigenvalue weighted by atomic mass is 9.84. The van der Waals surface area contributed by atoms with Gasteiger partial charge < -0.3 is 15.6 Å². The van der Waals surface area contributed by atoms with Crippen LogP contribution in [0.2, 0.25) is 0 Å². The molecule has 1 fully saturated rings. The van der Waals surface area contributed by atoms with E-state index in [1.54, 1.807) is 0 Å². The Morgan fingerprint density at radius 2 is 2.08 bits per heavy atom. The Kier molecular flexibility index (Phi) is 5.91. The van der Waals surface area contributed by atoms with Crippen molar-refractivity contribution in [2.45, 2.75) is 39.0 Å². The minimum absolute atomic E-state index is 0.208. The van der Waals surface area contributed by atoms with Crippen molar-refractivity contribution in [3.63, 3.8) is 0 Å². The topological polar surface area (TPSA) is 56.9 Å². The van der Waals surface area contributed by atoms with Gasteiger partial charge in [0.05, 0.1) is 0 Å². The van der Waals surface area contributed by atoms with E-state index < -0.39 is 0 Å². The number of piperidine rings is 1. The number of aryl methyl sites for hydroxylation is 1. The summed E-state index contributed by atoms with van der Waals surface area (Å²) in [5.41, 5.74) is 2.52. The van der Waals surface area contributed by atoms with Crippen molar-refractivity contribution in [3.8, 4) is 0 Å². The molecule has 1 aromatic heterocycles. The number of nitrogens with one attached hydrogen (secondary N) is 3. The summed E-state index contributed by atoms with van der Waals surface area (Å²) in [6.45, 7) is 5.18. The molecule has 130 valence electrons. The molecule has 0 spiro atoms. The molecule has 1 atom stereocenters. The number of aromatic nitrogens is 1. The summed E-state index contributed by atoms with van der Waals surface area (Å²) in [5, 5.41) is 7.78. The van der Waals surface area contributed by atoms with Crippen molar-refractivity contribution >= 4 is 16.8 Å². The Morgan fingerprint density at radius 1 is 1.29 bits per heavy atom. The molecule has 0 aliphatic carbocycles. The lowest BCUT2D eigenvalue weighted by Crippen LogP contribution is -2.33. The zero-order valence-corrected chi connectivity index (χ0v) is 14.6. The van der Waals surface area contributed by atoms with E-state index in [9.17, 15) is 4.79 Å². The number of aromatic amines is 1. The molecule has 4 nitrogen and oxygen atoms in total. The molecule has 1 aliphatic rings. The van der Waals surface area contributed by atoms with Crippen LogP contribution in [0.1, 0.15) is 38.2 Å². The molecule has 0 radical (unpaired) electrons. The molecule has 1 unspecified atom stereocenters. The van der Waals surface area contributed by atoms with E-state index in [1.807, 2.05) is 6.07 Å². The standard InChI is InChI=1S/C20H29N3O/c1-15(16-8-11-21-12-9-16)13-20(24)22-10-4-5-17-14-23-19-7-3-2-6-18(17)19/h2-3,6-7,14-16,21,23H,4-5,8-13H2,1H3,(H,22,24). The summed E-state index contributed by atoms with van der Waals surface area (Å²) in [6, 6.07) is 8.37. The van der Waals surface area contributed by atoms with E-state index in [2.05, 4.69) is 46.9 Å². The molecule has 1 saturated heterocycles. The smallest absolute Gasteiger partial charge is 0.220 e. The molecule has 0 bridgehead atoms. The quantitative estimate of drug-likeness (QED) is 0.684. The third-order valence-electron chi connectivity index (χ3n) is 5.32. The highest BCUT2D eigenvalue weighted by atomic mass is 16.1. The summed E-state index contributed by atoms with van der Waals surface area (Å²) in [7, 11) is 0. The minimum atomic E-state index is 0.208. The number of H-pyrrole nitrogens is 1. The van der Waals surface area contributed by atoms with E-state index in [1.165, 1.54) is 29.3 Å². The molecule has 3 N–H and O–H groups in total. The van der Waals surface area contributed by atoms with Gasteiger partial charge in [-0.15, -0.1) is 0 Å². The number of carbonyl (C=O) groups is 1. The molecular weight excluding hydrogens is 298 g/mol.